The number of hydrogen-bond donors (Lipinski definition) is 3. The molecule has 0 saturated carbocycles. The number of Topliss-reactive ketones (excluding diaryl/α,β-unsaturated/α-hetero) is 1. The molecule has 1 aromatic heterocycles. The van der Waals surface area contributed by atoms with Crippen LogP contribution in [0.25, 0.3) is 0 Å². The lowest BCUT2D eigenvalue weighted by Crippen LogP contribution is -2.52. The van der Waals surface area contributed by atoms with Crippen LogP contribution >= 0.6 is 0 Å². The van der Waals surface area contributed by atoms with E-state index in [-0.39, 0.29) is 34.6 Å². The molecule has 3 aliphatic rings. The first-order chi connectivity index (χ1) is 14.3. The number of aromatic nitrogens is 3. The molecular formula is C21H19N7O2. The lowest BCUT2D eigenvalue weighted by Gasteiger charge is -2.45. The Labute approximate surface area is 172 Å². The van der Waals surface area contributed by atoms with E-state index in [4.69, 9.17) is 5.73 Å². The molecule has 2 aliphatic heterocycles. The predicted octanol–water partition coefficient (Wildman–Crippen LogP) is 1.85. The average molecular weight is 401 g/mol. The number of nitrogens with one attached hydrogen (secondary N) is 2. The van der Waals surface area contributed by atoms with Crippen LogP contribution in [0.3, 0.4) is 0 Å². The lowest BCUT2D eigenvalue weighted by atomic mass is 9.61. The van der Waals surface area contributed by atoms with Crippen LogP contribution in [0, 0.1) is 16.7 Å². The maximum atomic E-state index is 13.6. The number of fused-ring (bicyclic) bond motifs is 3. The molecule has 3 heterocycles. The number of hydrogen-bond acceptors (Lipinski definition) is 7. The van der Waals surface area contributed by atoms with Gasteiger partial charge in [0.2, 0.25) is 11.9 Å². The summed E-state index contributed by atoms with van der Waals surface area (Å²) >= 11 is 0. The van der Waals surface area contributed by atoms with Gasteiger partial charge in [0, 0.05) is 28.9 Å². The number of allylic oxidation sites excluding steroid dienone is 1. The summed E-state index contributed by atoms with van der Waals surface area (Å²) in [5.41, 5.74) is 6.57. The van der Waals surface area contributed by atoms with Gasteiger partial charge in [0.15, 0.2) is 5.78 Å². The number of nitriles is 1. The number of carbonyl (C=O) groups is 2. The zero-order chi connectivity index (χ0) is 21.3. The van der Waals surface area contributed by atoms with Crippen LogP contribution in [-0.4, -0.2) is 26.9 Å². The molecule has 30 heavy (non-hydrogen) atoms. The highest BCUT2D eigenvalue weighted by molar-refractivity contribution is 6.19. The van der Waals surface area contributed by atoms with E-state index in [1.165, 1.54) is 6.33 Å². The van der Waals surface area contributed by atoms with Crippen molar-refractivity contribution in [1.29, 1.82) is 5.26 Å². The minimum absolute atomic E-state index is 0.00755. The second-order valence-corrected chi connectivity index (χ2v) is 8.53. The van der Waals surface area contributed by atoms with Crippen LogP contribution in [-0.2, 0) is 15.0 Å². The fraction of sp³-hybridized carbons (Fsp3) is 0.286. The molecule has 0 fully saturated rings. The van der Waals surface area contributed by atoms with Gasteiger partial charge in [-0.2, -0.15) is 15.3 Å². The molecule has 1 spiro atoms. The molecule has 4 N–H and O–H groups in total. The highest BCUT2D eigenvalue weighted by Crippen LogP contribution is 2.56. The van der Waals surface area contributed by atoms with E-state index < -0.39 is 11.3 Å². The van der Waals surface area contributed by atoms with Gasteiger partial charge in [-0.05, 0) is 17.9 Å². The zero-order valence-corrected chi connectivity index (χ0v) is 16.5. The minimum Gasteiger partial charge on any atom is -0.384 e. The zero-order valence-electron chi connectivity index (χ0n) is 16.5. The Kier molecular flexibility index (Phi) is 3.50. The third-order valence-electron chi connectivity index (χ3n) is 6.02. The van der Waals surface area contributed by atoms with E-state index >= 15 is 0 Å². The summed E-state index contributed by atoms with van der Waals surface area (Å²) in [6, 6.07) is 9.23. The van der Waals surface area contributed by atoms with E-state index in [0.717, 1.165) is 0 Å². The summed E-state index contributed by atoms with van der Waals surface area (Å²) in [6.07, 6.45) is 2.06. The number of nitrogens with two attached hydrogens (primary N) is 1. The SMILES string of the molecule is CC1(C)CC(=O)C2=C(C1)N(c1ncn[nH]1)C(N)=C(C#N)C21C(=O)Nc2ccccc21. The summed E-state index contributed by atoms with van der Waals surface area (Å²) in [4.78, 5) is 32.8. The van der Waals surface area contributed by atoms with Gasteiger partial charge in [-0.3, -0.25) is 14.5 Å². The number of aromatic amines is 1. The first-order valence-electron chi connectivity index (χ1n) is 9.55. The number of benzene rings is 1. The normalized spacial score (nSPS) is 24.6. The van der Waals surface area contributed by atoms with Crippen molar-refractivity contribution in [3.63, 3.8) is 0 Å². The molecule has 1 aliphatic carbocycles. The Morgan fingerprint density at radius 1 is 1.23 bits per heavy atom. The maximum absolute atomic E-state index is 13.6. The Bertz CT molecular complexity index is 1220. The van der Waals surface area contributed by atoms with E-state index in [0.29, 0.717) is 29.3 Å². The number of ketones is 1. The molecule has 1 amide bonds. The Hall–Kier alpha value is -3.93. The van der Waals surface area contributed by atoms with Gasteiger partial charge in [-0.25, -0.2) is 5.10 Å². The van der Waals surface area contributed by atoms with E-state index in [1.54, 1.807) is 29.2 Å². The Morgan fingerprint density at radius 3 is 2.70 bits per heavy atom. The fourth-order valence-corrected chi connectivity index (χ4v) is 4.92. The number of nitrogens with zero attached hydrogens (tertiary/aromatic N) is 4. The smallest absolute Gasteiger partial charge is 0.245 e. The predicted molar refractivity (Wildman–Crippen MR) is 107 cm³/mol. The Balaban J connectivity index is 1.91. The van der Waals surface area contributed by atoms with Crippen molar-refractivity contribution in [3.05, 3.63) is 58.8 Å². The van der Waals surface area contributed by atoms with Gasteiger partial charge >= 0.3 is 0 Å². The van der Waals surface area contributed by atoms with Crippen LogP contribution in [0.15, 0.2) is 53.3 Å². The van der Waals surface area contributed by atoms with E-state index in [9.17, 15) is 14.9 Å². The van der Waals surface area contributed by atoms with Crippen molar-refractivity contribution in [2.45, 2.75) is 32.1 Å². The van der Waals surface area contributed by atoms with Crippen LogP contribution in [0.1, 0.15) is 32.3 Å². The number of anilines is 2. The van der Waals surface area contributed by atoms with Gasteiger partial charge in [0.25, 0.3) is 0 Å². The van der Waals surface area contributed by atoms with Crippen molar-refractivity contribution in [3.8, 4) is 6.07 Å². The third kappa shape index (κ3) is 2.10. The van der Waals surface area contributed by atoms with Gasteiger partial charge in [-0.15, -0.1) is 0 Å². The molecule has 2 aromatic rings. The molecule has 1 aromatic carbocycles. The largest absolute Gasteiger partial charge is 0.384 e. The molecular weight excluding hydrogens is 382 g/mol. The summed E-state index contributed by atoms with van der Waals surface area (Å²) in [6.45, 7) is 3.98. The second kappa shape index (κ2) is 5.79. The van der Waals surface area contributed by atoms with E-state index in [1.807, 2.05) is 13.8 Å². The number of H-pyrrole nitrogens is 1. The molecule has 9 nitrogen and oxygen atoms in total. The molecule has 5 rings (SSSR count). The van der Waals surface area contributed by atoms with Crippen molar-refractivity contribution < 1.29 is 9.59 Å². The number of amides is 1. The number of para-hydroxylation sites is 1. The third-order valence-corrected chi connectivity index (χ3v) is 6.02. The number of carbonyl (C=O) groups excluding carboxylic acids is 2. The summed E-state index contributed by atoms with van der Waals surface area (Å²) in [7, 11) is 0. The van der Waals surface area contributed by atoms with E-state index in [2.05, 4.69) is 26.6 Å². The molecule has 9 heteroatoms. The van der Waals surface area contributed by atoms with Crippen molar-refractivity contribution in [2.75, 3.05) is 10.2 Å². The van der Waals surface area contributed by atoms with Crippen LogP contribution < -0.4 is 16.0 Å². The molecule has 0 saturated heterocycles. The van der Waals surface area contributed by atoms with Crippen molar-refractivity contribution in [2.24, 2.45) is 11.1 Å². The number of rotatable bonds is 1. The quantitative estimate of drug-likeness (QED) is 0.662. The van der Waals surface area contributed by atoms with Gasteiger partial charge in [0.05, 0.1) is 5.57 Å². The topological polar surface area (TPSA) is 141 Å². The van der Waals surface area contributed by atoms with Gasteiger partial charge < -0.3 is 11.1 Å². The lowest BCUT2D eigenvalue weighted by molar-refractivity contribution is -0.123. The molecule has 0 bridgehead atoms. The van der Waals surface area contributed by atoms with Crippen LogP contribution in [0.2, 0.25) is 0 Å². The standard InChI is InChI=1S/C21H19N7O2/c1-20(2)7-14-16(15(29)8-20)21(11-5-3-4-6-13(11)26-18(21)30)12(9-22)17(23)28(14)19-24-10-25-27-19/h3-6,10H,7-8,23H2,1-2H3,(H,26,30)(H,24,25,27). The first-order valence-corrected chi connectivity index (χ1v) is 9.55. The minimum atomic E-state index is -1.57. The molecule has 150 valence electrons. The summed E-state index contributed by atoms with van der Waals surface area (Å²) < 4.78 is 0. The average Bonchev–Trinajstić information content (AvgIpc) is 3.29. The Morgan fingerprint density at radius 2 is 2.00 bits per heavy atom. The van der Waals surface area contributed by atoms with Gasteiger partial charge in [-0.1, -0.05) is 32.0 Å². The fourth-order valence-electron chi connectivity index (χ4n) is 4.92. The maximum Gasteiger partial charge on any atom is 0.245 e. The van der Waals surface area contributed by atoms with Crippen LogP contribution in [0.5, 0.6) is 0 Å². The highest BCUT2D eigenvalue weighted by Gasteiger charge is 2.61. The van der Waals surface area contributed by atoms with Crippen molar-refractivity contribution >= 4 is 23.3 Å². The molecule has 0 radical (unpaired) electrons. The van der Waals surface area contributed by atoms with Gasteiger partial charge in [0.1, 0.15) is 23.6 Å². The molecule has 1 unspecified atom stereocenters. The van der Waals surface area contributed by atoms with Crippen LogP contribution in [0.4, 0.5) is 11.6 Å². The second-order valence-electron chi connectivity index (χ2n) is 8.53. The van der Waals surface area contributed by atoms with Crippen molar-refractivity contribution in [1.82, 2.24) is 15.2 Å². The molecule has 1 atom stereocenters. The highest BCUT2D eigenvalue weighted by atomic mass is 16.2. The first kappa shape index (κ1) is 18.1. The monoisotopic (exact) mass is 401 g/mol. The summed E-state index contributed by atoms with van der Waals surface area (Å²) in [5, 5.41) is 19.6. The summed E-state index contributed by atoms with van der Waals surface area (Å²) in [5.74, 6) is -0.274.